The Morgan fingerprint density at radius 1 is 1.17 bits per heavy atom. The molecule has 132 valence electrons. The molecular weight excluding hydrogens is 319 g/mol. The highest BCUT2D eigenvalue weighted by atomic mass is 31.2. The Labute approximate surface area is 138 Å². The monoisotopic (exact) mass is 346 g/mol. The molecule has 1 aliphatic carbocycles. The van der Waals surface area contributed by atoms with Crippen LogP contribution in [0.4, 0.5) is 0 Å². The molecule has 3 rings (SSSR count). The molecule has 0 radical (unpaired) electrons. The van der Waals surface area contributed by atoms with Crippen LogP contribution in [0.15, 0.2) is 11.8 Å². The molecule has 0 amide bonds. The lowest BCUT2D eigenvalue weighted by Gasteiger charge is -2.44. The van der Waals surface area contributed by atoms with E-state index in [1.807, 2.05) is 26.8 Å². The Morgan fingerprint density at radius 3 is 2.30 bits per heavy atom. The molecule has 7 heteroatoms. The lowest BCUT2D eigenvalue weighted by molar-refractivity contribution is -0.223. The van der Waals surface area contributed by atoms with E-state index in [1.54, 1.807) is 0 Å². The van der Waals surface area contributed by atoms with Crippen LogP contribution < -0.4 is 0 Å². The van der Waals surface area contributed by atoms with E-state index in [0.29, 0.717) is 25.4 Å². The van der Waals surface area contributed by atoms with E-state index in [9.17, 15) is 4.57 Å². The summed E-state index contributed by atoms with van der Waals surface area (Å²) < 4.78 is 40.8. The molecule has 0 N–H and O–H groups in total. The molecule has 2 aliphatic heterocycles. The molecule has 2 saturated heterocycles. The molecule has 2 heterocycles. The molecule has 0 bridgehead atoms. The van der Waals surface area contributed by atoms with Gasteiger partial charge in [0, 0.05) is 18.3 Å². The van der Waals surface area contributed by atoms with Crippen molar-refractivity contribution in [2.24, 2.45) is 5.41 Å². The van der Waals surface area contributed by atoms with Gasteiger partial charge in [-0.15, -0.1) is 0 Å². The second-order valence-electron chi connectivity index (χ2n) is 7.18. The maximum atomic E-state index is 12.6. The molecule has 2 fully saturated rings. The minimum atomic E-state index is -3.51. The third kappa shape index (κ3) is 3.52. The molecule has 0 aromatic carbocycles. The van der Waals surface area contributed by atoms with Crippen LogP contribution in [-0.2, 0) is 27.6 Å². The summed E-state index contributed by atoms with van der Waals surface area (Å²) in [7, 11) is -3.51. The highest BCUT2D eigenvalue weighted by Crippen LogP contribution is 2.58. The predicted octanol–water partition coefficient (Wildman–Crippen LogP) is 4.16. The van der Waals surface area contributed by atoms with Crippen LogP contribution in [0.25, 0.3) is 0 Å². The second kappa shape index (κ2) is 6.16. The third-order valence-corrected chi connectivity index (χ3v) is 6.84. The van der Waals surface area contributed by atoms with E-state index in [0.717, 1.165) is 19.3 Å². The fraction of sp³-hybridized carbons (Fsp3) is 0.875. The number of phosphoric acid groups is 1. The van der Waals surface area contributed by atoms with Crippen molar-refractivity contribution >= 4 is 7.82 Å². The van der Waals surface area contributed by atoms with Crippen LogP contribution in [0.3, 0.4) is 0 Å². The summed E-state index contributed by atoms with van der Waals surface area (Å²) in [6, 6.07) is 0. The Balaban J connectivity index is 1.66. The van der Waals surface area contributed by atoms with Gasteiger partial charge in [-0.3, -0.25) is 9.05 Å². The molecular formula is C16H27O6P. The van der Waals surface area contributed by atoms with E-state index in [1.165, 1.54) is 0 Å². The molecule has 0 aromatic heterocycles. The zero-order valence-electron chi connectivity index (χ0n) is 14.4. The molecule has 1 unspecified atom stereocenters. The maximum absolute atomic E-state index is 12.6. The topological polar surface area (TPSA) is 63.2 Å². The standard InChI is InChI=1S/C16H27O6P/c1-12-11-13(2)21-23(17,20-12)22-14-5-7-15(3,8-6-14)16(4)18-9-10-19-16/h5,12-13H,6-11H2,1-4H3/t12-,13-,15?/m0/s1. The fourth-order valence-corrected chi connectivity index (χ4v) is 5.15. The summed E-state index contributed by atoms with van der Waals surface area (Å²) in [4.78, 5) is 0. The van der Waals surface area contributed by atoms with Crippen molar-refractivity contribution in [1.29, 1.82) is 0 Å². The van der Waals surface area contributed by atoms with Gasteiger partial charge in [0.2, 0.25) is 0 Å². The van der Waals surface area contributed by atoms with Gasteiger partial charge in [-0.25, -0.2) is 4.57 Å². The molecule has 0 saturated carbocycles. The second-order valence-corrected chi connectivity index (χ2v) is 8.68. The highest BCUT2D eigenvalue weighted by molar-refractivity contribution is 7.48. The van der Waals surface area contributed by atoms with Crippen molar-refractivity contribution in [2.75, 3.05) is 13.2 Å². The Bertz CT molecular complexity index is 513. The van der Waals surface area contributed by atoms with E-state index >= 15 is 0 Å². The number of allylic oxidation sites excluding steroid dienone is 2. The maximum Gasteiger partial charge on any atom is 0.530 e. The van der Waals surface area contributed by atoms with Crippen molar-refractivity contribution in [3.05, 3.63) is 11.8 Å². The number of rotatable bonds is 3. The summed E-state index contributed by atoms with van der Waals surface area (Å²) in [6.07, 6.45) is 4.67. The van der Waals surface area contributed by atoms with E-state index in [4.69, 9.17) is 23.0 Å². The zero-order chi connectivity index (χ0) is 16.7. The average Bonchev–Trinajstić information content (AvgIpc) is 2.88. The number of ether oxygens (including phenoxy) is 2. The van der Waals surface area contributed by atoms with Crippen molar-refractivity contribution < 1.29 is 27.6 Å². The lowest BCUT2D eigenvalue weighted by atomic mass is 9.72. The zero-order valence-corrected chi connectivity index (χ0v) is 15.3. The summed E-state index contributed by atoms with van der Waals surface area (Å²) in [5, 5.41) is 0. The smallest absolute Gasteiger partial charge is 0.409 e. The van der Waals surface area contributed by atoms with E-state index in [2.05, 4.69) is 6.92 Å². The Hall–Kier alpha value is -0.390. The largest absolute Gasteiger partial charge is 0.530 e. The summed E-state index contributed by atoms with van der Waals surface area (Å²) in [5.74, 6) is 0.105. The van der Waals surface area contributed by atoms with Crippen molar-refractivity contribution in [1.82, 2.24) is 0 Å². The summed E-state index contributed by atoms with van der Waals surface area (Å²) in [5.41, 5.74) is -0.125. The van der Waals surface area contributed by atoms with Crippen LogP contribution in [0, 0.1) is 5.41 Å². The van der Waals surface area contributed by atoms with Gasteiger partial charge in [0.05, 0.1) is 25.4 Å². The third-order valence-electron chi connectivity index (χ3n) is 5.15. The lowest BCUT2D eigenvalue weighted by Crippen LogP contribution is -2.45. The highest BCUT2D eigenvalue weighted by Gasteiger charge is 2.50. The van der Waals surface area contributed by atoms with Gasteiger partial charge < -0.3 is 14.0 Å². The van der Waals surface area contributed by atoms with Gasteiger partial charge in [-0.05, 0) is 39.7 Å². The first-order valence-electron chi connectivity index (χ1n) is 8.37. The van der Waals surface area contributed by atoms with Crippen molar-refractivity contribution in [2.45, 2.75) is 71.4 Å². The normalized spacial score (nSPS) is 43.9. The molecule has 3 aliphatic rings. The Kier molecular flexibility index (Phi) is 4.67. The number of phosphoric ester groups is 1. The fourth-order valence-electron chi connectivity index (χ4n) is 3.51. The van der Waals surface area contributed by atoms with Crippen molar-refractivity contribution in [3.63, 3.8) is 0 Å². The average molecular weight is 346 g/mol. The molecule has 0 aromatic rings. The molecule has 23 heavy (non-hydrogen) atoms. The van der Waals surface area contributed by atoms with Gasteiger partial charge in [0.1, 0.15) is 5.76 Å². The minimum absolute atomic E-state index is 0.125. The van der Waals surface area contributed by atoms with Crippen LogP contribution in [0.2, 0.25) is 0 Å². The van der Waals surface area contributed by atoms with Gasteiger partial charge in [0.15, 0.2) is 5.79 Å². The summed E-state index contributed by atoms with van der Waals surface area (Å²) in [6.45, 7) is 9.19. The van der Waals surface area contributed by atoms with Crippen LogP contribution >= 0.6 is 7.82 Å². The SMILES string of the molecule is C[C@H]1C[C@H](C)OP(=O)(OC2=CCC(C)(C3(C)OCCO3)CC2)O1. The van der Waals surface area contributed by atoms with E-state index < -0.39 is 13.6 Å². The molecule has 3 atom stereocenters. The van der Waals surface area contributed by atoms with Gasteiger partial charge >= 0.3 is 7.82 Å². The quantitative estimate of drug-likeness (QED) is 0.715. The number of hydrogen-bond donors (Lipinski definition) is 0. The first-order valence-corrected chi connectivity index (χ1v) is 9.83. The first kappa shape index (κ1) is 17.4. The van der Waals surface area contributed by atoms with E-state index in [-0.39, 0.29) is 17.6 Å². The predicted molar refractivity (Wildman–Crippen MR) is 84.8 cm³/mol. The van der Waals surface area contributed by atoms with Crippen LogP contribution in [0.5, 0.6) is 0 Å². The summed E-state index contributed by atoms with van der Waals surface area (Å²) >= 11 is 0. The van der Waals surface area contributed by atoms with Crippen molar-refractivity contribution in [3.8, 4) is 0 Å². The molecule has 6 nitrogen and oxygen atoms in total. The molecule has 0 spiro atoms. The van der Waals surface area contributed by atoms with Gasteiger partial charge in [-0.1, -0.05) is 6.92 Å². The van der Waals surface area contributed by atoms with Gasteiger partial charge in [-0.2, -0.15) is 0 Å². The minimum Gasteiger partial charge on any atom is -0.409 e. The van der Waals surface area contributed by atoms with Crippen LogP contribution in [-0.4, -0.2) is 31.2 Å². The first-order chi connectivity index (χ1) is 10.7. The number of hydrogen-bond acceptors (Lipinski definition) is 6. The Morgan fingerprint density at radius 2 is 1.78 bits per heavy atom. The van der Waals surface area contributed by atoms with Crippen LogP contribution in [0.1, 0.15) is 53.4 Å². The van der Waals surface area contributed by atoms with Gasteiger partial charge in [0.25, 0.3) is 0 Å².